The summed E-state index contributed by atoms with van der Waals surface area (Å²) in [6.07, 6.45) is 1.12. The van der Waals surface area contributed by atoms with E-state index in [1.807, 2.05) is 6.07 Å². The predicted molar refractivity (Wildman–Crippen MR) is 78.7 cm³/mol. The molecule has 1 aliphatic heterocycles. The summed E-state index contributed by atoms with van der Waals surface area (Å²) in [6.45, 7) is 6.57. The molecule has 0 aromatic heterocycles. The van der Waals surface area contributed by atoms with Crippen LogP contribution in [0.25, 0.3) is 0 Å². The van der Waals surface area contributed by atoms with E-state index in [0.29, 0.717) is 22.7 Å². The molecule has 1 atom stereocenters. The molecule has 1 saturated heterocycles. The summed E-state index contributed by atoms with van der Waals surface area (Å²) < 4.78 is 0. The lowest BCUT2D eigenvalue weighted by Gasteiger charge is -2.21. The first kappa shape index (κ1) is 14.2. The fourth-order valence-corrected chi connectivity index (χ4v) is 2.69. The summed E-state index contributed by atoms with van der Waals surface area (Å²) in [5.41, 5.74) is 6.53. The van der Waals surface area contributed by atoms with Crippen LogP contribution in [0.3, 0.4) is 0 Å². The van der Waals surface area contributed by atoms with Crippen molar-refractivity contribution in [2.75, 3.05) is 18.4 Å². The van der Waals surface area contributed by atoms with Gasteiger partial charge in [-0.25, -0.2) is 0 Å². The number of nitrogens with two attached hydrogens (primary N) is 1. The molecule has 1 heterocycles. The maximum absolute atomic E-state index is 11.1. The lowest BCUT2D eigenvalue weighted by molar-refractivity contribution is 0.100. The second-order valence-electron chi connectivity index (χ2n) is 5.28. The Bertz CT molecular complexity index is 476. The highest BCUT2D eigenvalue weighted by molar-refractivity contribution is 6.34. The Morgan fingerprint density at radius 2 is 2.26 bits per heavy atom. The van der Waals surface area contributed by atoms with E-state index in [1.165, 1.54) is 0 Å². The first-order valence-electron chi connectivity index (χ1n) is 6.57. The Labute approximate surface area is 118 Å². The number of anilines is 1. The van der Waals surface area contributed by atoms with Crippen LogP contribution in [0.2, 0.25) is 5.02 Å². The maximum Gasteiger partial charge on any atom is 0.250 e. The number of hydrogen-bond acceptors (Lipinski definition) is 3. The van der Waals surface area contributed by atoms with Gasteiger partial charge in [-0.1, -0.05) is 11.6 Å². The number of amides is 1. The van der Waals surface area contributed by atoms with Crippen molar-refractivity contribution in [2.45, 2.75) is 32.4 Å². The van der Waals surface area contributed by atoms with Gasteiger partial charge in [0, 0.05) is 30.9 Å². The number of carbonyl (C=O) groups excluding carboxylic acids is 1. The summed E-state index contributed by atoms with van der Waals surface area (Å²) in [5, 5.41) is 3.85. The Balaban J connectivity index is 2.01. The van der Waals surface area contributed by atoms with Crippen LogP contribution >= 0.6 is 11.6 Å². The molecule has 0 saturated carbocycles. The van der Waals surface area contributed by atoms with Gasteiger partial charge in [0.25, 0.3) is 0 Å². The van der Waals surface area contributed by atoms with Crippen LogP contribution in [0.4, 0.5) is 5.69 Å². The van der Waals surface area contributed by atoms with Gasteiger partial charge in [0.05, 0.1) is 10.6 Å². The second kappa shape index (κ2) is 5.80. The van der Waals surface area contributed by atoms with Gasteiger partial charge in [-0.2, -0.15) is 0 Å². The molecule has 0 bridgehead atoms. The molecule has 1 aromatic rings. The quantitative estimate of drug-likeness (QED) is 0.891. The Morgan fingerprint density at radius 1 is 1.53 bits per heavy atom. The van der Waals surface area contributed by atoms with E-state index in [9.17, 15) is 4.79 Å². The molecule has 0 radical (unpaired) electrons. The molecule has 0 spiro atoms. The van der Waals surface area contributed by atoms with Crippen LogP contribution in [0.15, 0.2) is 18.2 Å². The summed E-state index contributed by atoms with van der Waals surface area (Å²) in [6, 6.07) is 6.29. The van der Waals surface area contributed by atoms with Crippen LogP contribution in [0.1, 0.15) is 30.6 Å². The van der Waals surface area contributed by atoms with E-state index in [2.05, 4.69) is 24.1 Å². The highest BCUT2D eigenvalue weighted by Crippen LogP contribution is 2.23. The van der Waals surface area contributed by atoms with Crippen LogP contribution in [-0.4, -0.2) is 36.0 Å². The Hall–Kier alpha value is -1.26. The van der Waals surface area contributed by atoms with Crippen molar-refractivity contribution >= 4 is 23.2 Å². The number of primary amides is 1. The lowest BCUT2D eigenvalue weighted by Crippen LogP contribution is -2.31. The molecule has 1 aromatic carbocycles. The number of hydrogen-bond donors (Lipinski definition) is 2. The van der Waals surface area contributed by atoms with Gasteiger partial charge in [0.2, 0.25) is 5.91 Å². The fraction of sp³-hybridized carbons (Fsp3) is 0.500. The standard InChI is InChI=1S/C14H20ClN3O/c1-9(2)18-6-5-11(8-18)17-10-3-4-12(14(16)19)13(15)7-10/h3-4,7,9,11,17H,5-6,8H2,1-2H3,(H2,16,19). The third kappa shape index (κ3) is 3.39. The zero-order valence-corrected chi connectivity index (χ0v) is 12.1. The molecule has 1 amide bonds. The van der Waals surface area contributed by atoms with E-state index in [1.54, 1.807) is 12.1 Å². The van der Waals surface area contributed by atoms with Gasteiger partial charge in [-0.15, -0.1) is 0 Å². The van der Waals surface area contributed by atoms with Gasteiger partial charge in [0.1, 0.15) is 0 Å². The average molecular weight is 282 g/mol. The maximum atomic E-state index is 11.1. The van der Waals surface area contributed by atoms with Crippen molar-refractivity contribution in [3.05, 3.63) is 28.8 Å². The number of benzene rings is 1. The van der Waals surface area contributed by atoms with Gasteiger partial charge in [-0.3, -0.25) is 9.69 Å². The summed E-state index contributed by atoms with van der Waals surface area (Å²) in [7, 11) is 0. The van der Waals surface area contributed by atoms with Crippen molar-refractivity contribution in [3.63, 3.8) is 0 Å². The largest absolute Gasteiger partial charge is 0.381 e. The van der Waals surface area contributed by atoms with Gasteiger partial charge in [0.15, 0.2) is 0 Å². The van der Waals surface area contributed by atoms with Gasteiger partial charge < -0.3 is 11.1 Å². The molecule has 1 unspecified atom stereocenters. The molecule has 1 fully saturated rings. The number of likely N-dealkylation sites (tertiary alicyclic amines) is 1. The SMILES string of the molecule is CC(C)N1CCC(Nc2ccc(C(N)=O)c(Cl)c2)C1. The number of rotatable bonds is 4. The minimum Gasteiger partial charge on any atom is -0.381 e. The zero-order valence-electron chi connectivity index (χ0n) is 11.3. The molecule has 19 heavy (non-hydrogen) atoms. The summed E-state index contributed by atoms with van der Waals surface area (Å²) >= 11 is 6.04. The normalized spacial score (nSPS) is 19.9. The van der Waals surface area contributed by atoms with Crippen LogP contribution in [-0.2, 0) is 0 Å². The Kier molecular flexibility index (Phi) is 4.32. The monoisotopic (exact) mass is 281 g/mol. The first-order valence-corrected chi connectivity index (χ1v) is 6.95. The average Bonchev–Trinajstić information content (AvgIpc) is 2.77. The molecule has 4 nitrogen and oxygen atoms in total. The highest BCUT2D eigenvalue weighted by Gasteiger charge is 2.24. The molecule has 3 N–H and O–H groups in total. The van der Waals surface area contributed by atoms with E-state index in [4.69, 9.17) is 17.3 Å². The molecule has 104 valence electrons. The minimum absolute atomic E-state index is 0.363. The minimum atomic E-state index is -0.497. The van der Waals surface area contributed by atoms with Gasteiger partial charge >= 0.3 is 0 Å². The molecular weight excluding hydrogens is 262 g/mol. The number of halogens is 1. The van der Waals surface area contributed by atoms with E-state index >= 15 is 0 Å². The number of carbonyl (C=O) groups is 1. The molecule has 5 heteroatoms. The molecular formula is C14H20ClN3O. The van der Waals surface area contributed by atoms with Crippen molar-refractivity contribution in [1.29, 1.82) is 0 Å². The topological polar surface area (TPSA) is 58.4 Å². The third-order valence-corrected chi connectivity index (χ3v) is 3.87. The van der Waals surface area contributed by atoms with Crippen molar-refractivity contribution in [1.82, 2.24) is 4.90 Å². The highest BCUT2D eigenvalue weighted by atomic mass is 35.5. The van der Waals surface area contributed by atoms with E-state index in [0.717, 1.165) is 25.2 Å². The first-order chi connectivity index (χ1) is 8.97. The third-order valence-electron chi connectivity index (χ3n) is 3.56. The molecule has 0 aliphatic carbocycles. The van der Waals surface area contributed by atoms with Crippen LogP contribution < -0.4 is 11.1 Å². The van der Waals surface area contributed by atoms with E-state index < -0.39 is 5.91 Å². The smallest absolute Gasteiger partial charge is 0.250 e. The van der Waals surface area contributed by atoms with Crippen molar-refractivity contribution in [2.24, 2.45) is 5.73 Å². The van der Waals surface area contributed by atoms with Crippen LogP contribution in [0, 0.1) is 0 Å². The molecule has 2 rings (SSSR count). The fourth-order valence-electron chi connectivity index (χ4n) is 2.41. The van der Waals surface area contributed by atoms with Crippen molar-refractivity contribution < 1.29 is 4.79 Å². The lowest BCUT2D eigenvalue weighted by atomic mass is 10.1. The zero-order chi connectivity index (χ0) is 14.0. The Morgan fingerprint density at radius 3 is 2.79 bits per heavy atom. The molecule has 1 aliphatic rings. The van der Waals surface area contributed by atoms with Crippen LogP contribution in [0.5, 0.6) is 0 Å². The second-order valence-corrected chi connectivity index (χ2v) is 5.68. The predicted octanol–water partition coefficient (Wildman–Crippen LogP) is 2.33. The van der Waals surface area contributed by atoms with Gasteiger partial charge in [-0.05, 0) is 38.5 Å². The van der Waals surface area contributed by atoms with E-state index in [-0.39, 0.29) is 0 Å². The number of nitrogens with zero attached hydrogens (tertiary/aromatic N) is 1. The number of nitrogens with one attached hydrogen (secondary N) is 1. The van der Waals surface area contributed by atoms with Crippen molar-refractivity contribution in [3.8, 4) is 0 Å². The summed E-state index contributed by atoms with van der Waals surface area (Å²) in [4.78, 5) is 13.5. The summed E-state index contributed by atoms with van der Waals surface area (Å²) in [5.74, 6) is -0.497.